The maximum Gasteiger partial charge on any atom is 0.330 e. The molecule has 1 unspecified atom stereocenters. The molecule has 0 aromatic heterocycles. The lowest BCUT2D eigenvalue weighted by Crippen LogP contribution is -1.95. The molecule has 1 aliphatic heterocycles. The van der Waals surface area contributed by atoms with E-state index >= 15 is 0 Å². The zero-order chi connectivity index (χ0) is 11.8. The molecule has 1 fully saturated rings. The van der Waals surface area contributed by atoms with Gasteiger partial charge in [-0.3, -0.25) is 0 Å². The van der Waals surface area contributed by atoms with Gasteiger partial charge in [0.1, 0.15) is 0 Å². The van der Waals surface area contributed by atoms with Gasteiger partial charge in [-0.2, -0.15) is 0 Å². The molecule has 1 N–H and O–H groups in total. The summed E-state index contributed by atoms with van der Waals surface area (Å²) in [5, 5.41) is 8.63. The van der Waals surface area contributed by atoms with E-state index in [4.69, 9.17) is 9.84 Å². The summed E-state index contributed by atoms with van der Waals surface area (Å²) in [6.45, 7) is 2.62. The van der Waals surface area contributed by atoms with Crippen LogP contribution in [0.4, 0.5) is 0 Å². The van der Waals surface area contributed by atoms with Gasteiger partial charge in [-0.15, -0.1) is 0 Å². The third-order valence-electron chi connectivity index (χ3n) is 2.92. The molecule has 16 heavy (non-hydrogen) atoms. The monoisotopic (exact) mass is 226 g/mol. The van der Waals surface area contributed by atoms with E-state index in [9.17, 15) is 4.79 Å². The second-order valence-electron chi connectivity index (χ2n) is 4.49. The Morgan fingerprint density at radius 1 is 1.31 bits per heavy atom. The van der Waals surface area contributed by atoms with Crippen LogP contribution in [0.2, 0.25) is 0 Å². The van der Waals surface area contributed by atoms with Crippen LogP contribution in [-0.2, 0) is 9.53 Å². The van der Waals surface area contributed by atoms with Gasteiger partial charge in [0.2, 0.25) is 0 Å². The van der Waals surface area contributed by atoms with E-state index in [1.54, 1.807) is 6.92 Å². The number of hydrogen-bond acceptors (Lipinski definition) is 2. The average molecular weight is 226 g/mol. The van der Waals surface area contributed by atoms with Crippen molar-refractivity contribution in [3.05, 3.63) is 11.6 Å². The van der Waals surface area contributed by atoms with E-state index in [0.29, 0.717) is 11.7 Å². The number of carboxylic acids is 1. The highest BCUT2D eigenvalue weighted by molar-refractivity contribution is 5.85. The van der Waals surface area contributed by atoms with E-state index in [1.807, 2.05) is 6.08 Å². The molecule has 1 heterocycles. The van der Waals surface area contributed by atoms with Gasteiger partial charge in [0.15, 0.2) is 0 Å². The van der Waals surface area contributed by atoms with Crippen molar-refractivity contribution in [1.82, 2.24) is 0 Å². The Labute approximate surface area is 97.5 Å². The predicted molar refractivity (Wildman–Crippen MR) is 63.5 cm³/mol. The van der Waals surface area contributed by atoms with Crippen LogP contribution in [0.3, 0.4) is 0 Å². The molecule has 1 aliphatic rings. The first-order valence-electron chi connectivity index (χ1n) is 6.22. The largest absolute Gasteiger partial charge is 0.478 e. The first kappa shape index (κ1) is 13.2. The fourth-order valence-electron chi connectivity index (χ4n) is 1.69. The highest BCUT2D eigenvalue weighted by Gasteiger charge is 2.20. The normalized spacial score (nSPS) is 19.8. The maximum absolute atomic E-state index is 10.5. The Morgan fingerprint density at radius 2 is 1.94 bits per heavy atom. The van der Waals surface area contributed by atoms with E-state index in [1.165, 1.54) is 32.1 Å². The van der Waals surface area contributed by atoms with Crippen LogP contribution in [0.25, 0.3) is 0 Å². The van der Waals surface area contributed by atoms with Crippen LogP contribution in [0.1, 0.15) is 51.9 Å². The van der Waals surface area contributed by atoms with Crippen LogP contribution in [0.5, 0.6) is 0 Å². The summed E-state index contributed by atoms with van der Waals surface area (Å²) >= 11 is 0. The second kappa shape index (κ2) is 7.44. The number of allylic oxidation sites excluding steroid dienone is 1. The van der Waals surface area contributed by atoms with Crippen molar-refractivity contribution < 1.29 is 14.6 Å². The number of carbonyl (C=O) groups is 1. The Morgan fingerprint density at radius 3 is 2.56 bits per heavy atom. The Hall–Kier alpha value is -0.830. The molecule has 0 saturated carbocycles. The van der Waals surface area contributed by atoms with Gasteiger partial charge in [-0.1, -0.05) is 31.8 Å². The first-order chi connectivity index (χ1) is 7.70. The van der Waals surface area contributed by atoms with Crippen molar-refractivity contribution in [2.24, 2.45) is 0 Å². The molecule has 92 valence electrons. The SMILES string of the molecule is CC(=CCCCCCCCC1CO1)C(=O)O. The fraction of sp³-hybridized carbons (Fsp3) is 0.769. The minimum atomic E-state index is -0.801. The standard InChI is InChI=1S/C13H22O3/c1-11(13(14)15)8-6-4-2-3-5-7-9-12-10-16-12/h8,12H,2-7,9-10H2,1H3,(H,14,15). The number of unbranched alkanes of at least 4 members (excludes halogenated alkanes) is 5. The fourth-order valence-corrected chi connectivity index (χ4v) is 1.69. The minimum Gasteiger partial charge on any atom is -0.478 e. The highest BCUT2D eigenvalue weighted by Crippen LogP contribution is 2.18. The van der Waals surface area contributed by atoms with Gasteiger partial charge in [-0.05, 0) is 26.2 Å². The third-order valence-corrected chi connectivity index (χ3v) is 2.92. The topological polar surface area (TPSA) is 49.8 Å². The zero-order valence-corrected chi connectivity index (χ0v) is 10.1. The first-order valence-corrected chi connectivity index (χ1v) is 6.22. The summed E-state index contributed by atoms with van der Waals surface area (Å²) in [4.78, 5) is 10.5. The number of aliphatic carboxylic acids is 1. The van der Waals surface area contributed by atoms with Crippen LogP contribution < -0.4 is 0 Å². The summed E-state index contributed by atoms with van der Waals surface area (Å²) < 4.78 is 5.14. The summed E-state index contributed by atoms with van der Waals surface area (Å²) in [7, 11) is 0. The molecule has 0 radical (unpaired) electrons. The lowest BCUT2D eigenvalue weighted by molar-refractivity contribution is -0.132. The minimum absolute atomic E-state index is 0.464. The predicted octanol–water partition coefficient (Wildman–Crippen LogP) is 3.15. The van der Waals surface area contributed by atoms with Gasteiger partial charge in [0, 0.05) is 5.57 Å². The third kappa shape index (κ3) is 6.62. The summed E-state index contributed by atoms with van der Waals surface area (Å²) in [6.07, 6.45) is 10.6. The van der Waals surface area contributed by atoms with E-state index in [-0.39, 0.29) is 0 Å². The molecule has 1 saturated heterocycles. The van der Waals surface area contributed by atoms with E-state index < -0.39 is 5.97 Å². The molecule has 3 heteroatoms. The lowest BCUT2D eigenvalue weighted by Gasteiger charge is -1.99. The van der Waals surface area contributed by atoms with Crippen LogP contribution >= 0.6 is 0 Å². The number of rotatable bonds is 9. The smallest absolute Gasteiger partial charge is 0.330 e. The quantitative estimate of drug-likeness (QED) is 0.373. The van der Waals surface area contributed by atoms with Crippen molar-refractivity contribution >= 4 is 5.97 Å². The van der Waals surface area contributed by atoms with E-state index in [0.717, 1.165) is 19.4 Å². The molecule has 0 spiro atoms. The van der Waals surface area contributed by atoms with E-state index in [2.05, 4.69) is 0 Å². The molecule has 0 bridgehead atoms. The number of hydrogen-bond donors (Lipinski definition) is 1. The zero-order valence-electron chi connectivity index (χ0n) is 10.1. The van der Waals surface area contributed by atoms with Crippen molar-refractivity contribution in [3.8, 4) is 0 Å². The van der Waals surface area contributed by atoms with Crippen LogP contribution in [-0.4, -0.2) is 23.8 Å². The number of carboxylic acid groups (broad SMARTS) is 1. The Kier molecular flexibility index (Phi) is 6.16. The van der Waals surface area contributed by atoms with Gasteiger partial charge >= 0.3 is 5.97 Å². The summed E-state index contributed by atoms with van der Waals surface area (Å²) in [6, 6.07) is 0. The highest BCUT2D eigenvalue weighted by atomic mass is 16.6. The van der Waals surface area contributed by atoms with Crippen molar-refractivity contribution in [3.63, 3.8) is 0 Å². The number of epoxide rings is 1. The lowest BCUT2D eigenvalue weighted by atomic mass is 10.1. The van der Waals surface area contributed by atoms with Crippen LogP contribution in [0.15, 0.2) is 11.6 Å². The summed E-state index contributed by atoms with van der Waals surface area (Å²) in [5.74, 6) is -0.801. The maximum atomic E-state index is 10.5. The molecular weight excluding hydrogens is 204 g/mol. The summed E-state index contributed by atoms with van der Waals surface area (Å²) in [5.41, 5.74) is 0.464. The van der Waals surface area contributed by atoms with Gasteiger partial charge < -0.3 is 9.84 Å². The van der Waals surface area contributed by atoms with Crippen molar-refractivity contribution in [1.29, 1.82) is 0 Å². The molecule has 1 rings (SSSR count). The van der Waals surface area contributed by atoms with Gasteiger partial charge in [0.05, 0.1) is 12.7 Å². The Balaban J connectivity index is 1.83. The Bertz CT molecular complexity index is 242. The second-order valence-corrected chi connectivity index (χ2v) is 4.49. The van der Waals surface area contributed by atoms with Crippen LogP contribution in [0, 0.1) is 0 Å². The molecule has 1 atom stereocenters. The average Bonchev–Trinajstić information content (AvgIpc) is 3.05. The molecule has 0 aliphatic carbocycles. The number of ether oxygens (including phenoxy) is 1. The molecule has 3 nitrogen and oxygen atoms in total. The van der Waals surface area contributed by atoms with Crippen molar-refractivity contribution in [2.75, 3.05) is 6.61 Å². The van der Waals surface area contributed by atoms with Crippen molar-refractivity contribution in [2.45, 2.75) is 58.0 Å². The van der Waals surface area contributed by atoms with Gasteiger partial charge in [-0.25, -0.2) is 4.79 Å². The molecule has 0 aromatic carbocycles. The molecule has 0 amide bonds. The molecule has 0 aromatic rings. The molecular formula is C13H22O3. The van der Waals surface area contributed by atoms with Gasteiger partial charge in [0.25, 0.3) is 0 Å².